The molecule has 0 aliphatic heterocycles. The molecule has 0 bridgehead atoms. The van der Waals surface area contributed by atoms with Gasteiger partial charge in [0.05, 0.1) is 6.61 Å². The summed E-state index contributed by atoms with van der Waals surface area (Å²) in [5, 5.41) is 12.2. The Bertz CT molecular complexity index is 1050. The highest BCUT2D eigenvalue weighted by Crippen LogP contribution is 2.64. The molecule has 3 aliphatic rings. The van der Waals surface area contributed by atoms with Crippen LogP contribution in [-0.4, -0.2) is 39.9 Å². The number of halogens is 2. The zero-order valence-corrected chi connectivity index (χ0v) is 24.9. The predicted octanol–water partition coefficient (Wildman–Crippen LogP) is 6.47. The van der Waals surface area contributed by atoms with Gasteiger partial charge in [0.1, 0.15) is 22.0 Å². The van der Waals surface area contributed by atoms with Gasteiger partial charge in [0, 0.05) is 11.8 Å². The van der Waals surface area contributed by atoms with Gasteiger partial charge in [0.15, 0.2) is 0 Å². The second-order valence-corrected chi connectivity index (χ2v) is 12.2. The van der Waals surface area contributed by atoms with Crippen LogP contribution in [0.3, 0.4) is 0 Å². The van der Waals surface area contributed by atoms with E-state index < -0.39 is 5.60 Å². The van der Waals surface area contributed by atoms with E-state index in [4.69, 9.17) is 9.47 Å². The van der Waals surface area contributed by atoms with Crippen LogP contribution in [0.25, 0.3) is 0 Å². The number of esters is 2. The summed E-state index contributed by atoms with van der Waals surface area (Å²) in [6.07, 6.45) is 10.7. The number of carbonyl (C=O) groups is 2. The molecule has 37 heavy (non-hydrogen) atoms. The second-order valence-electron chi connectivity index (χ2n) is 11.1. The summed E-state index contributed by atoms with van der Waals surface area (Å²) < 4.78 is 10.5. The van der Waals surface area contributed by atoms with Crippen molar-refractivity contribution in [2.45, 2.75) is 89.1 Å². The molecule has 0 radical (unpaired) electrons. The van der Waals surface area contributed by atoms with Gasteiger partial charge in [0.2, 0.25) is 0 Å². The molecule has 1 aromatic carbocycles. The molecule has 0 amide bonds. The number of carbonyl (C=O) groups excluding carboxylic acids is 2. The third kappa shape index (κ3) is 6.28. The minimum absolute atomic E-state index is 0.163. The summed E-state index contributed by atoms with van der Waals surface area (Å²) in [5.41, 5.74) is 1.64. The lowest BCUT2D eigenvalue weighted by Crippen LogP contribution is -2.50. The monoisotopic (exact) mass is 636 g/mol. The molecule has 0 aromatic heterocycles. The van der Waals surface area contributed by atoms with Crippen LogP contribution < -0.4 is 4.74 Å². The molecule has 3 aliphatic carbocycles. The number of unbranched alkanes of at least 4 members (excludes halogenated alkanes) is 4. The highest BCUT2D eigenvalue weighted by atomic mass is 79.9. The lowest BCUT2D eigenvalue weighted by atomic mass is 9.53. The molecule has 1 aromatic rings. The fraction of sp³-hybridized carbons (Fsp3) is 0.667. The minimum Gasteiger partial charge on any atom is -0.465 e. The molecular formula is C30H38Br2O5. The van der Waals surface area contributed by atoms with Crippen molar-refractivity contribution in [1.82, 2.24) is 0 Å². The van der Waals surface area contributed by atoms with Gasteiger partial charge < -0.3 is 14.6 Å². The summed E-state index contributed by atoms with van der Waals surface area (Å²) in [4.78, 5) is 22.8. The Morgan fingerprint density at radius 1 is 1.05 bits per heavy atom. The lowest BCUT2D eigenvalue weighted by Gasteiger charge is -2.52. The number of hydrogen-bond acceptors (Lipinski definition) is 5. The maximum absolute atomic E-state index is 11.7. The molecule has 2 saturated carbocycles. The Labute approximate surface area is 237 Å². The van der Waals surface area contributed by atoms with Gasteiger partial charge in [-0.15, -0.1) is 5.92 Å². The van der Waals surface area contributed by atoms with Crippen molar-refractivity contribution in [3.63, 3.8) is 0 Å². The van der Waals surface area contributed by atoms with Gasteiger partial charge in [0.25, 0.3) is 0 Å². The van der Waals surface area contributed by atoms with E-state index in [0.29, 0.717) is 30.1 Å². The maximum atomic E-state index is 11.7. The molecule has 0 spiro atoms. The SMILES string of the molecule is C[C@]12CC[C@@H]3c4ccc(OC(=O)CBr)cc4CC[C@H]3[C@@H]1CC[C@@]2(O)C#CCCCCCCOC(=O)CBr. The van der Waals surface area contributed by atoms with Crippen LogP contribution in [0.4, 0.5) is 0 Å². The van der Waals surface area contributed by atoms with Crippen LogP contribution in [0.5, 0.6) is 5.75 Å². The van der Waals surface area contributed by atoms with E-state index >= 15 is 0 Å². The van der Waals surface area contributed by atoms with Crippen LogP contribution in [0.15, 0.2) is 18.2 Å². The van der Waals surface area contributed by atoms with Crippen molar-refractivity contribution in [3.8, 4) is 17.6 Å². The third-order valence-electron chi connectivity index (χ3n) is 9.05. The summed E-state index contributed by atoms with van der Waals surface area (Å²) in [7, 11) is 0. The first-order valence-electron chi connectivity index (χ1n) is 13.6. The Morgan fingerprint density at radius 2 is 1.84 bits per heavy atom. The Balaban J connectivity index is 1.32. The zero-order chi connectivity index (χ0) is 26.5. The van der Waals surface area contributed by atoms with Gasteiger partial charge in [-0.05, 0) is 92.4 Å². The van der Waals surface area contributed by atoms with Crippen LogP contribution in [0, 0.1) is 29.1 Å². The molecule has 1 N–H and O–H groups in total. The van der Waals surface area contributed by atoms with Crippen LogP contribution >= 0.6 is 31.9 Å². The van der Waals surface area contributed by atoms with E-state index in [-0.39, 0.29) is 28.0 Å². The van der Waals surface area contributed by atoms with Gasteiger partial charge in [-0.2, -0.15) is 0 Å². The Hall–Kier alpha value is -1.36. The molecular weight excluding hydrogens is 600 g/mol. The summed E-state index contributed by atoms with van der Waals surface area (Å²) >= 11 is 6.25. The Kier molecular flexibility index (Phi) is 9.80. The number of alkyl halides is 2. The van der Waals surface area contributed by atoms with Gasteiger partial charge in [-0.25, -0.2) is 0 Å². The van der Waals surface area contributed by atoms with E-state index in [1.54, 1.807) is 0 Å². The highest BCUT2D eigenvalue weighted by Gasteiger charge is 2.61. The molecule has 4 rings (SSSR count). The average molecular weight is 638 g/mol. The third-order valence-corrected chi connectivity index (χ3v) is 9.97. The molecule has 7 heteroatoms. The molecule has 202 valence electrons. The minimum atomic E-state index is -0.902. The number of aliphatic hydroxyl groups is 1. The summed E-state index contributed by atoms with van der Waals surface area (Å²) in [6.45, 7) is 2.76. The summed E-state index contributed by atoms with van der Waals surface area (Å²) in [6, 6.07) is 6.15. The van der Waals surface area contributed by atoms with Crippen molar-refractivity contribution >= 4 is 43.8 Å². The maximum Gasteiger partial charge on any atom is 0.321 e. The van der Waals surface area contributed by atoms with Crippen LogP contribution in [0.2, 0.25) is 0 Å². The van der Waals surface area contributed by atoms with E-state index in [1.165, 1.54) is 11.1 Å². The van der Waals surface area contributed by atoms with E-state index in [2.05, 4.69) is 56.7 Å². The molecule has 2 fully saturated rings. The number of hydrogen-bond donors (Lipinski definition) is 1. The topological polar surface area (TPSA) is 72.8 Å². The van der Waals surface area contributed by atoms with Gasteiger partial charge >= 0.3 is 11.9 Å². The number of rotatable bonds is 9. The number of ether oxygens (including phenoxy) is 2. The molecule has 0 heterocycles. The van der Waals surface area contributed by atoms with Crippen molar-refractivity contribution in [2.24, 2.45) is 17.3 Å². The highest BCUT2D eigenvalue weighted by molar-refractivity contribution is 9.09. The van der Waals surface area contributed by atoms with E-state index in [1.807, 2.05) is 12.1 Å². The van der Waals surface area contributed by atoms with Gasteiger partial charge in [-0.3, -0.25) is 9.59 Å². The molecule has 0 unspecified atom stereocenters. The molecule has 5 nitrogen and oxygen atoms in total. The van der Waals surface area contributed by atoms with E-state index in [0.717, 1.165) is 70.6 Å². The zero-order valence-electron chi connectivity index (χ0n) is 21.7. The molecule has 5 atom stereocenters. The number of aryl methyl sites for hydroxylation is 1. The smallest absolute Gasteiger partial charge is 0.321 e. The average Bonchev–Trinajstić information content (AvgIpc) is 3.17. The standard InChI is InChI=1S/C30H38Br2O5/c1-29-15-12-24-23-11-9-22(37-28(34)20-32)18-21(23)8-10-25(24)26(29)13-16-30(29,35)14-6-4-2-3-5-7-17-36-27(33)19-31/h9,11,18,24-26,35H,2-5,7-8,10,12-13,15-17,19-20H2,1H3/t24-,25-,26+,29+,30+/m1/s1. The first-order chi connectivity index (χ1) is 17.8. The first-order valence-corrected chi connectivity index (χ1v) is 15.9. The fourth-order valence-corrected chi connectivity index (χ4v) is 7.38. The van der Waals surface area contributed by atoms with Crippen LogP contribution in [-0.2, 0) is 20.7 Å². The van der Waals surface area contributed by atoms with Crippen molar-refractivity contribution in [2.75, 3.05) is 17.3 Å². The Morgan fingerprint density at radius 3 is 2.62 bits per heavy atom. The lowest BCUT2D eigenvalue weighted by molar-refractivity contribution is -0.140. The normalized spacial score (nSPS) is 29.8. The van der Waals surface area contributed by atoms with E-state index in [9.17, 15) is 14.7 Å². The van der Waals surface area contributed by atoms with Gasteiger partial charge in [-0.1, -0.05) is 63.6 Å². The second kappa shape index (κ2) is 12.7. The fourth-order valence-electron chi connectivity index (χ4n) is 7.10. The first kappa shape index (κ1) is 28.6. The predicted molar refractivity (Wildman–Crippen MR) is 151 cm³/mol. The number of fused-ring (bicyclic) bond motifs is 5. The van der Waals surface area contributed by atoms with Crippen molar-refractivity contribution in [1.29, 1.82) is 0 Å². The van der Waals surface area contributed by atoms with Crippen molar-refractivity contribution in [3.05, 3.63) is 29.3 Å². The quantitative estimate of drug-likeness (QED) is 0.111. The largest absolute Gasteiger partial charge is 0.465 e. The van der Waals surface area contributed by atoms with Crippen molar-refractivity contribution < 1.29 is 24.2 Å². The molecule has 0 saturated heterocycles. The number of benzene rings is 1. The van der Waals surface area contributed by atoms with Crippen LogP contribution in [0.1, 0.15) is 88.2 Å². The summed E-state index contributed by atoms with van der Waals surface area (Å²) in [5.74, 6) is 8.36.